The van der Waals surface area contributed by atoms with Gasteiger partial charge in [-0.25, -0.2) is 0 Å². The van der Waals surface area contributed by atoms with Crippen molar-refractivity contribution in [1.29, 1.82) is 0 Å². The minimum absolute atomic E-state index is 0.147. The van der Waals surface area contributed by atoms with E-state index in [1.807, 2.05) is 0 Å². The molecule has 1 aromatic rings. The Bertz CT molecular complexity index is 1070. The third-order valence-corrected chi connectivity index (χ3v) is 6.36. The Morgan fingerprint density at radius 2 is 1.83 bits per heavy atom. The van der Waals surface area contributed by atoms with Gasteiger partial charge in [0.25, 0.3) is 5.91 Å². The number of rotatable bonds is 1. The lowest BCUT2D eigenvalue weighted by Crippen LogP contribution is -2.60. The highest BCUT2D eigenvalue weighted by molar-refractivity contribution is 6.22. The molecular weight excluding hydrogens is 382 g/mol. The number of aliphatic hydroxyl groups excluding tert-OH is 2. The lowest BCUT2D eigenvalue weighted by Gasteiger charge is -2.50. The molecule has 0 aliphatic heterocycles. The summed E-state index contributed by atoms with van der Waals surface area (Å²) in [5.41, 5.74) is -0.491. The van der Waals surface area contributed by atoms with Crippen LogP contribution >= 0.6 is 0 Å². The maximum absolute atomic E-state index is 13.3. The monoisotopic (exact) mass is 401 g/mol. The van der Waals surface area contributed by atoms with Crippen LogP contribution in [0.4, 0.5) is 0 Å². The van der Waals surface area contributed by atoms with Gasteiger partial charge in [-0.1, -0.05) is 12.1 Å². The van der Waals surface area contributed by atoms with Crippen LogP contribution in [0.25, 0.3) is 5.76 Å². The molecule has 0 saturated heterocycles. The van der Waals surface area contributed by atoms with Gasteiger partial charge in [-0.2, -0.15) is 0 Å². The quantitative estimate of drug-likeness (QED) is 0.358. The van der Waals surface area contributed by atoms with Crippen LogP contribution < -0.4 is 5.73 Å². The molecular formula is C20H19NO8. The Hall–Kier alpha value is -3.17. The molecule has 3 aliphatic carbocycles. The molecule has 0 radical (unpaired) electrons. The topological polar surface area (TPSA) is 178 Å². The van der Waals surface area contributed by atoms with E-state index in [0.717, 1.165) is 0 Å². The van der Waals surface area contributed by atoms with Crippen molar-refractivity contribution in [3.05, 3.63) is 46.2 Å². The number of Topliss-reactive ketones (excluding diaryl/α,β-unsaturated/α-hetero) is 2. The summed E-state index contributed by atoms with van der Waals surface area (Å²) in [7, 11) is 0. The van der Waals surface area contributed by atoms with Crippen molar-refractivity contribution in [2.24, 2.45) is 17.6 Å². The molecule has 0 unspecified atom stereocenters. The predicted octanol–water partition coefficient (Wildman–Crippen LogP) is 0.0889. The van der Waals surface area contributed by atoms with Gasteiger partial charge in [0.1, 0.15) is 22.8 Å². The van der Waals surface area contributed by atoms with E-state index in [0.29, 0.717) is 0 Å². The molecule has 4 rings (SSSR count). The van der Waals surface area contributed by atoms with Crippen LogP contribution in [0.15, 0.2) is 35.1 Å². The highest BCUT2D eigenvalue weighted by Crippen LogP contribution is 2.56. The molecule has 0 spiro atoms. The van der Waals surface area contributed by atoms with Crippen molar-refractivity contribution >= 4 is 23.2 Å². The van der Waals surface area contributed by atoms with E-state index in [4.69, 9.17) is 5.73 Å². The van der Waals surface area contributed by atoms with Crippen LogP contribution in [0, 0.1) is 11.8 Å². The molecule has 1 fully saturated rings. The number of hydrogen-bond acceptors (Lipinski definition) is 8. The maximum Gasteiger partial charge on any atom is 0.255 e. The Morgan fingerprint density at radius 1 is 1.17 bits per heavy atom. The first-order valence-corrected chi connectivity index (χ1v) is 8.96. The first kappa shape index (κ1) is 19.2. The van der Waals surface area contributed by atoms with Crippen LogP contribution in [-0.4, -0.2) is 48.6 Å². The van der Waals surface area contributed by atoms with E-state index in [1.54, 1.807) is 0 Å². The highest BCUT2D eigenvalue weighted by atomic mass is 16.3. The summed E-state index contributed by atoms with van der Waals surface area (Å²) in [5.74, 6) is -7.61. The maximum atomic E-state index is 13.3. The lowest BCUT2D eigenvalue weighted by molar-refractivity contribution is -0.152. The molecule has 9 nitrogen and oxygen atoms in total. The number of carbonyl (C=O) groups is 3. The summed E-state index contributed by atoms with van der Waals surface area (Å²) in [6.45, 7) is 1.40. The number of hydrogen-bond donors (Lipinski definition) is 6. The fourth-order valence-electron chi connectivity index (χ4n) is 4.87. The van der Waals surface area contributed by atoms with Crippen molar-refractivity contribution in [2.45, 2.75) is 31.0 Å². The van der Waals surface area contributed by atoms with Crippen molar-refractivity contribution in [1.82, 2.24) is 0 Å². The van der Waals surface area contributed by atoms with E-state index in [2.05, 4.69) is 0 Å². The summed E-state index contributed by atoms with van der Waals surface area (Å²) < 4.78 is 0. The van der Waals surface area contributed by atoms with Gasteiger partial charge in [-0.3, -0.25) is 14.4 Å². The van der Waals surface area contributed by atoms with Gasteiger partial charge in [0, 0.05) is 23.8 Å². The fourth-order valence-corrected chi connectivity index (χ4v) is 4.87. The van der Waals surface area contributed by atoms with Gasteiger partial charge >= 0.3 is 0 Å². The molecule has 29 heavy (non-hydrogen) atoms. The van der Waals surface area contributed by atoms with Crippen molar-refractivity contribution < 1.29 is 39.9 Å². The second kappa shape index (κ2) is 5.68. The largest absolute Gasteiger partial charge is 0.508 e. The Balaban J connectivity index is 2.01. The molecule has 4 atom stereocenters. The van der Waals surface area contributed by atoms with Crippen molar-refractivity contribution in [3.63, 3.8) is 0 Å². The first-order valence-electron chi connectivity index (χ1n) is 8.96. The summed E-state index contributed by atoms with van der Waals surface area (Å²) >= 11 is 0. The number of ketones is 2. The molecule has 1 aromatic carbocycles. The summed E-state index contributed by atoms with van der Waals surface area (Å²) in [5, 5.41) is 53.7. The lowest BCUT2D eigenvalue weighted by atomic mass is 9.56. The Kier molecular flexibility index (Phi) is 3.75. The third kappa shape index (κ3) is 2.19. The summed E-state index contributed by atoms with van der Waals surface area (Å²) in [4.78, 5) is 37.2. The third-order valence-electron chi connectivity index (χ3n) is 6.36. The zero-order chi connectivity index (χ0) is 21.5. The smallest absolute Gasteiger partial charge is 0.255 e. The van der Waals surface area contributed by atoms with Crippen molar-refractivity contribution in [2.75, 3.05) is 0 Å². The number of primary amides is 1. The molecule has 3 aliphatic rings. The van der Waals surface area contributed by atoms with Gasteiger partial charge in [0.15, 0.2) is 11.4 Å². The number of fused-ring (bicyclic) bond motifs is 3. The fraction of sp³-hybridized carbons (Fsp3) is 0.350. The molecule has 0 heterocycles. The van der Waals surface area contributed by atoms with Gasteiger partial charge in [0.05, 0.1) is 11.2 Å². The number of amides is 1. The number of benzene rings is 1. The number of phenols is 1. The molecule has 1 amide bonds. The van der Waals surface area contributed by atoms with Gasteiger partial charge < -0.3 is 31.3 Å². The summed E-state index contributed by atoms with van der Waals surface area (Å²) in [6, 6.07) is 4.22. The van der Waals surface area contributed by atoms with E-state index in [9.17, 15) is 39.9 Å². The average molecular weight is 401 g/mol. The van der Waals surface area contributed by atoms with Crippen LogP contribution in [0.2, 0.25) is 0 Å². The molecule has 1 saturated carbocycles. The van der Waals surface area contributed by atoms with Crippen LogP contribution in [-0.2, 0) is 20.0 Å². The normalized spacial score (nSPS) is 33.9. The molecule has 7 N–H and O–H groups in total. The number of phenolic OH excluding ortho intramolecular Hbond substituents is 1. The second-order valence-electron chi connectivity index (χ2n) is 7.91. The van der Waals surface area contributed by atoms with E-state index in [1.165, 1.54) is 25.1 Å². The minimum Gasteiger partial charge on any atom is -0.508 e. The number of aromatic hydroxyl groups is 1. The standard InChI is InChI=1S/C20H19NO8/c1-19(28)8-3-2-4-10(22)12(8)15(24)13-9(19)5-7-6-11(23)14(18(21)27)17(26)20(7,29)16(13)25/h2-4,7,9,22,24,26,28-29H,5-6H2,1H3,(H2,21,27)/t7-,9-,19-,20+/m0/s1. The molecule has 0 bridgehead atoms. The molecule has 9 heteroatoms. The van der Waals surface area contributed by atoms with Crippen LogP contribution in [0.1, 0.15) is 30.9 Å². The van der Waals surface area contributed by atoms with Crippen LogP contribution in [0.3, 0.4) is 0 Å². The average Bonchev–Trinajstić information content (AvgIpc) is 2.62. The predicted molar refractivity (Wildman–Crippen MR) is 97.3 cm³/mol. The second-order valence-corrected chi connectivity index (χ2v) is 7.91. The van der Waals surface area contributed by atoms with E-state index in [-0.39, 0.29) is 23.3 Å². The number of nitrogens with two attached hydrogens (primary N) is 1. The van der Waals surface area contributed by atoms with Crippen molar-refractivity contribution in [3.8, 4) is 5.75 Å². The number of aliphatic hydroxyl groups is 4. The highest BCUT2D eigenvalue weighted by Gasteiger charge is 2.63. The van der Waals surface area contributed by atoms with E-state index >= 15 is 0 Å². The van der Waals surface area contributed by atoms with Crippen LogP contribution in [0.5, 0.6) is 5.75 Å². The van der Waals surface area contributed by atoms with Gasteiger partial charge in [-0.05, 0) is 25.0 Å². The van der Waals surface area contributed by atoms with E-state index < -0.39 is 69.6 Å². The number of carbonyl (C=O) groups excluding carboxylic acids is 3. The van der Waals surface area contributed by atoms with Gasteiger partial charge in [-0.15, -0.1) is 0 Å². The molecule has 152 valence electrons. The Morgan fingerprint density at radius 3 is 2.45 bits per heavy atom. The molecule has 0 aromatic heterocycles. The zero-order valence-electron chi connectivity index (χ0n) is 15.3. The zero-order valence-corrected chi connectivity index (χ0v) is 15.3. The minimum atomic E-state index is -2.66. The Labute approximate surface area is 164 Å². The van der Waals surface area contributed by atoms with Gasteiger partial charge in [0.2, 0.25) is 5.78 Å². The SMILES string of the molecule is C[C@]1(O)c2cccc(O)c2C(O)=C2C(=O)[C@@]3(O)C(O)=C(C(N)=O)C(=O)C[C@@H]3C[C@@H]21. The summed E-state index contributed by atoms with van der Waals surface area (Å²) in [6.07, 6.45) is -0.594. The first-order chi connectivity index (χ1) is 13.4.